The Morgan fingerprint density at radius 1 is 1.35 bits per heavy atom. The third kappa shape index (κ3) is 3.58. The van der Waals surface area contributed by atoms with E-state index in [2.05, 4.69) is 34.8 Å². The molecule has 4 heteroatoms. The summed E-state index contributed by atoms with van der Waals surface area (Å²) in [5.41, 5.74) is 2.05. The van der Waals surface area contributed by atoms with Crippen molar-refractivity contribution >= 4 is 11.0 Å². The second-order valence-corrected chi connectivity index (χ2v) is 5.68. The summed E-state index contributed by atoms with van der Waals surface area (Å²) >= 11 is 0. The van der Waals surface area contributed by atoms with Crippen LogP contribution in [0.4, 0.5) is 0 Å². The number of para-hydroxylation sites is 2. The van der Waals surface area contributed by atoms with Gasteiger partial charge in [0.15, 0.2) is 0 Å². The Morgan fingerprint density at radius 3 is 2.90 bits per heavy atom. The number of aryl methyl sites for hydroxylation is 1. The summed E-state index contributed by atoms with van der Waals surface area (Å²) < 4.78 is 2.19. The average Bonchev–Trinajstić information content (AvgIpc) is 2.89. The third-order valence-electron chi connectivity index (χ3n) is 3.81. The van der Waals surface area contributed by atoms with Crippen molar-refractivity contribution in [2.24, 2.45) is 0 Å². The molecule has 1 unspecified atom stereocenters. The van der Waals surface area contributed by atoms with Gasteiger partial charge in [0.25, 0.3) is 0 Å². The predicted molar refractivity (Wildman–Crippen MR) is 82.8 cm³/mol. The summed E-state index contributed by atoms with van der Waals surface area (Å²) in [5, 5.41) is 13.0. The molecule has 0 amide bonds. The number of aliphatic hydroxyl groups is 1. The quantitative estimate of drug-likeness (QED) is 0.778. The van der Waals surface area contributed by atoms with Crippen molar-refractivity contribution in [1.82, 2.24) is 14.9 Å². The Morgan fingerprint density at radius 2 is 2.15 bits per heavy atom. The smallest absolute Gasteiger partial charge is 0.0958 e. The zero-order chi connectivity index (χ0) is 14.4. The number of imidazole rings is 1. The van der Waals surface area contributed by atoms with E-state index < -0.39 is 0 Å². The topological polar surface area (TPSA) is 50.1 Å². The molecule has 1 aromatic heterocycles. The number of aromatic nitrogens is 2. The lowest BCUT2D eigenvalue weighted by Gasteiger charge is -2.29. The standard InChI is InChI=1S/C16H25N3O/c1-3-10-18-16(2,12-20)9-6-11-19-13-17-14-7-4-5-8-15(14)19/h4-5,7-8,13,18,20H,3,6,9-12H2,1-2H3. The summed E-state index contributed by atoms with van der Waals surface area (Å²) in [4.78, 5) is 4.40. The van der Waals surface area contributed by atoms with E-state index >= 15 is 0 Å². The van der Waals surface area contributed by atoms with Crippen LogP contribution >= 0.6 is 0 Å². The number of nitrogens with zero attached hydrogens (tertiary/aromatic N) is 2. The Balaban J connectivity index is 1.92. The van der Waals surface area contributed by atoms with E-state index in [1.807, 2.05) is 24.5 Å². The molecular weight excluding hydrogens is 250 g/mol. The Kier molecular flexibility index (Phi) is 5.15. The predicted octanol–water partition coefficient (Wildman–Crippen LogP) is 2.57. The summed E-state index contributed by atoms with van der Waals surface area (Å²) in [6.45, 7) is 6.30. The first kappa shape index (κ1) is 15.0. The van der Waals surface area contributed by atoms with Crippen LogP contribution in [0.3, 0.4) is 0 Å². The molecule has 20 heavy (non-hydrogen) atoms. The van der Waals surface area contributed by atoms with Crippen molar-refractivity contribution < 1.29 is 5.11 Å². The summed E-state index contributed by atoms with van der Waals surface area (Å²) in [5.74, 6) is 0. The van der Waals surface area contributed by atoms with Crippen LogP contribution in [0.15, 0.2) is 30.6 Å². The van der Waals surface area contributed by atoms with Crippen molar-refractivity contribution in [2.45, 2.75) is 45.2 Å². The largest absolute Gasteiger partial charge is 0.394 e. The Labute approximate surface area is 120 Å². The van der Waals surface area contributed by atoms with Gasteiger partial charge in [-0.25, -0.2) is 4.98 Å². The number of aliphatic hydroxyl groups excluding tert-OH is 1. The molecule has 0 fully saturated rings. The van der Waals surface area contributed by atoms with E-state index in [1.165, 1.54) is 5.52 Å². The molecule has 2 rings (SSSR count). The molecule has 110 valence electrons. The summed E-state index contributed by atoms with van der Waals surface area (Å²) in [7, 11) is 0. The monoisotopic (exact) mass is 275 g/mol. The van der Waals surface area contributed by atoms with Crippen molar-refractivity contribution in [3.8, 4) is 0 Å². The second-order valence-electron chi connectivity index (χ2n) is 5.68. The number of benzene rings is 1. The molecule has 0 spiro atoms. The molecule has 0 bridgehead atoms. The van der Waals surface area contributed by atoms with E-state index in [-0.39, 0.29) is 12.1 Å². The van der Waals surface area contributed by atoms with Gasteiger partial charge in [-0.05, 0) is 44.9 Å². The van der Waals surface area contributed by atoms with Crippen molar-refractivity contribution in [3.63, 3.8) is 0 Å². The van der Waals surface area contributed by atoms with Crippen molar-refractivity contribution in [2.75, 3.05) is 13.2 Å². The Bertz CT molecular complexity index is 537. The minimum atomic E-state index is -0.174. The maximum absolute atomic E-state index is 9.56. The zero-order valence-corrected chi connectivity index (χ0v) is 12.5. The highest BCUT2D eigenvalue weighted by atomic mass is 16.3. The van der Waals surface area contributed by atoms with E-state index in [4.69, 9.17) is 0 Å². The molecule has 2 aromatic rings. The average molecular weight is 275 g/mol. The first-order valence-electron chi connectivity index (χ1n) is 7.44. The van der Waals surface area contributed by atoms with Gasteiger partial charge in [0.05, 0.1) is 24.0 Å². The van der Waals surface area contributed by atoms with Gasteiger partial charge in [-0.15, -0.1) is 0 Å². The maximum Gasteiger partial charge on any atom is 0.0958 e. The fourth-order valence-corrected chi connectivity index (χ4v) is 2.48. The molecular formula is C16H25N3O. The van der Waals surface area contributed by atoms with Crippen LogP contribution in [0.2, 0.25) is 0 Å². The normalized spacial score (nSPS) is 14.6. The highest BCUT2D eigenvalue weighted by molar-refractivity contribution is 5.74. The van der Waals surface area contributed by atoms with Crippen LogP contribution in [-0.4, -0.2) is 33.3 Å². The van der Waals surface area contributed by atoms with Crippen molar-refractivity contribution in [1.29, 1.82) is 0 Å². The van der Waals surface area contributed by atoms with Crippen molar-refractivity contribution in [3.05, 3.63) is 30.6 Å². The van der Waals surface area contributed by atoms with Gasteiger partial charge in [-0.2, -0.15) is 0 Å². The molecule has 4 nitrogen and oxygen atoms in total. The maximum atomic E-state index is 9.56. The van der Waals surface area contributed by atoms with Crippen LogP contribution in [0, 0.1) is 0 Å². The molecule has 1 atom stereocenters. The van der Waals surface area contributed by atoms with E-state index in [0.717, 1.165) is 37.9 Å². The third-order valence-corrected chi connectivity index (χ3v) is 3.81. The molecule has 0 saturated carbocycles. The second kappa shape index (κ2) is 6.86. The minimum absolute atomic E-state index is 0.174. The van der Waals surface area contributed by atoms with Crippen LogP contribution in [0.25, 0.3) is 11.0 Å². The molecule has 0 aliphatic carbocycles. The molecule has 2 N–H and O–H groups in total. The van der Waals surface area contributed by atoms with E-state index in [9.17, 15) is 5.11 Å². The van der Waals surface area contributed by atoms with E-state index in [1.54, 1.807) is 0 Å². The number of hydrogen-bond acceptors (Lipinski definition) is 3. The van der Waals surface area contributed by atoms with Gasteiger partial charge < -0.3 is 15.0 Å². The highest BCUT2D eigenvalue weighted by Gasteiger charge is 2.21. The van der Waals surface area contributed by atoms with Gasteiger partial charge in [0.1, 0.15) is 0 Å². The molecule has 0 radical (unpaired) electrons. The molecule has 1 heterocycles. The molecule has 0 aliphatic heterocycles. The number of nitrogens with one attached hydrogen (secondary N) is 1. The lowest BCUT2D eigenvalue weighted by molar-refractivity contribution is 0.162. The SMILES string of the molecule is CCCNC(C)(CO)CCCn1cnc2ccccc21. The fraction of sp³-hybridized carbons (Fsp3) is 0.562. The van der Waals surface area contributed by atoms with Crippen LogP contribution < -0.4 is 5.32 Å². The van der Waals surface area contributed by atoms with Gasteiger partial charge in [-0.1, -0.05) is 19.1 Å². The fourth-order valence-electron chi connectivity index (χ4n) is 2.48. The first-order valence-corrected chi connectivity index (χ1v) is 7.44. The van der Waals surface area contributed by atoms with Crippen LogP contribution in [0.1, 0.15) is 33.1 Å². The van der Waals surface area contributed by atoms with E-state index in [0.29, 0.717) is 0 Å². The molecule has 1 aromatic carbocycles. The Hall–Kier alpha value is -1.39. The number of fused-ring (bicyclic) bond motifs is 1. The summed E-state index contributed by atoms with van der Waals surface area (Å²) in [6.07, 6.45) is 4.96. The molecule has 0 aliphatic rings. The van der Waals surface area contributed by atoms with Crippen LogP contribution in [0.5, 0.6) is 0 Å². The number of rotatable bonds is 8. The minimum Gasteiger partial charge on any atom is -0.394 e. The lowest BCUT2D eigenvalue weighted by atomic mass is 9.96. The van der Waals surface area contributed by atoms with Gasteiger partial charge in [0, 0.05) is 12.1 Å². The van der Waals surface area contributed by atoms with Gasteiger partial charge in [0.2, 0.25) is 0 Å². The lowest BCUT2D eigenvalue weighted by Crippen LogP contribution is -2.46. The first-order chi connectivity index (χ1) is 9.68. The number of hydrogen-bond donors (Lipinski definition) is 2. The van der Waals surface area contributed by atoms with Crippen LogP contribution in [-0.2, 0) is 6.54 Å². The zero-order valence-electron chi connectivity index (χ0n) is 12.5. The molecule has 0 saturated heterocycles. The van der Waals surface area contributed by atoms with Gasteiger partial charge >= 0.3 is 0 Å². The summed E-state index contributed by atoms with van der Waals surface area (Å²) in [6, 6.07) is 8.19. The highest BCUT2D eigenvalue weighted by Crippen LogP contribution is 2.16. The van der Waals surface area contributed by atoms with Gasteiger partial charge in [-0.3, -0.25) is 0 Å².